The van der Waals surface area contributed by atoms with Crippen LogP contribution in [0.15, 0.2) is 29.2 Å². The molecule has 10 heteroatoms. The van der Waals surface area contributed by atoms with Gasteiger partial charge in [-0.3, -0.25) is 0 Å². The standard InChI is InChI=1S/C15H20F3NO4S2/c1-3-14(4-2)11-19(9-10-24(14,20)21)12-7-5-6-8-13(12)25(22,23)15(16,17)18/h5-8H,3-4,9-11H2,1-2H3. The minimum absolute atomic E-state index is 0.0350. The molecule has 0 unspecified atom stereocenters. The van der Waals surface area contributed by atoms with E-state index in [1.54, 1.807) is 13.8 Å². The second-order valence-corrected chi connectivity index (χ2v) is 10.5. The molecule has 0 spiro atoms. The predicted octanol–water partition coefficient (Wildman–Crippen LogP) is 2.77. The number of hydrogen-bond acceptors (Lipinski definition) is 5. The number of nitrogens with zero attached hydrogens (tertiary/aromatic N) is 1. The average Bonchev–Trinajstić information content (AvgIpc) is 2.54. The molecule has 5 nitrogen and oxygen atoms in total. The van der Waals surface area contributed by atoms with Crippen molar-refractivity contribution in [2.45, 2.75) is 41.8 Å². The van der Waals surface area contributed by atoms with Crippen molar-refractivity contribution in [1.29, 1.82) is 0 Å². The molecule has 0 aromatic heterocycles. The van der Waals surface area contributed by atoms with Crippen molar-refractivity contribution < 1.29 is 30.0 Å². The van der Waals surface area contributed by atoms with E-state index in [1.807, 2.05) is 0 Å². The van der Waals surface area contributed by atoms with Crippen molar-refractivity contribution in [2.24, 2.45) is 0 Å². The zero-order valence-electron chi connectivity index (χ0n) is 13.9. The maximum absolute atomic E-state index is 13.0. The molecule has 0 saturated carbocycles. The van der Waals surface area contributed by atoms with Gasteiger partial charge in [-0.1, -0.05) is 26.0 Å². The molecule has 1 aliphatic rings. The Morgan fingerprint density at radius 2 is 1.72 bits per heavy atom. The van der Waals surface area contributed by atoms with Gasteiger partial charge in [-0.25, -0.2) is 16.8 Å². The molecule has 0 atom stereocenters. The van der Waals surface area contributed by atoms with Crippen molar-refractivity contribution in [3.05, 3.63) is 24.3 Å². The first-order chi connectivity index (χ1) is 11.4. The van der Waals surface area contributed by atoms with Crippen molar-refractivity contribution >= 4 is 25.4 Å². The summed E-state index contributed by atoms with van der Waals surface area (Å²) in [4.78, 5) is 0.593. The molecule has 1 fully saturated rings. The highest BCUT2D eigenvalue weighted by Gasteiger charge is 2.50. The van der Waals surface area contributed by atoms with E-state index >= 15 is 0 Å². The predicted molar refractivity (Wildman–Crippen MR) is 89.0 cm³/mol. The van der Waals surface area contributed by atoms with E-state index in [0.29, 0.717) is 12.8 Å². The second kappa shape index (κ2) is 6.46. The lowest BCUT2D eigenvalue weighted by molar-refractivity contribution is -0.0435. The maximum Gasteiger partial charge on any atom is 0.501 e. The summed E-state index contributed by atoms with van der Waals surface area (Å²) in [7, 11) is -8.94. The first-order valence-corrected chi connectivity index (χ1v) is 10.9. The van der Waals surface area contributed by atoms with E-state index in [1.165, 1.54) is 23.1 Å². The first kappa shape index (κ1) is 20.0. The summed E-state index contributed by atoms with van der Waals surface area (Å²) in [6.07, 6.45) is 0.604. The third-order valence-corrected chi connectivity index (χ3v) is 9.14. The number of anilines is 1. The molecular formula is C15H20F3NO4S2. The van der Waals surface area contributed by atoms with Gasteiger partial charge in [-0.05, 0) is 25.0 Å². The summed E-state index contributed by atoms with van der Waals surface area (Å²) in [5.41, 5.74) is -5.53. The normalized spacial score (nSPS) is 20.4. The molecule has 25 heavy (non-hydrogen) atoms. The van der Waals surface area contributed by atoms with Gasteiger partial charge in [0.15, 0.2) is 9.84 Å². The highest BCUT2D eigenvalue weighted by Crippen LogP contribution is 2.39. The Balaban J connectivity index is 2.55. The van der Waals surface area contributed by atoms with Gasteiger partial charge in [0, 0.05) is 13.1 Å². The van der Waals surface area contributed by atoms with Gasteiger partial charge in [-0.15, -0.1) is 0 Å². The molecule has 1 aliphatic heterocycles. The van der Waals surface area contributed by atoms with E-state index in [9.17, 15) is 30.0 Å². The van der Waals surface area contributed by atoms with Gasteiger partial charge in [0.05, 0.1) is 21.1 Å². The molecule has 142 valence electrons. The van der Waals surface area contributed by atoms with Crippen molar-refractivity contribution in [3.8, 4) is 0 Å². The molecule has 0 N–H and O–H groups in total. The van der Waals surface area contributed by atoms with Gasteiger partial charge in [0.1, 0.15) is 0 Å². The summed E-state index contributed by atoms with van der Waals surface area (Å²) >= 11 is 0. The minimum atomic E-state index is -5.53. The van der Waals surface area contributed by atoms with Gasteiger partial charge in [0.25, 0.3) is 9.84 Å². The summed E-state index contributed by atoms with van der Waals surface area (Å²) in [6, 6.07) is 4.84. The Morgan fingerprint density at radius 1 is 1.16 bits per heavy atom. The van der Waals surface area contributed by atoms with Crippen LogP contribution in [0.4, 0.5) is 18.9 Å². The lowest BCUT2D eigenvalue weighted by Crippen LogP contribution is -2.56. The molecule has 0 aliphatic carbocycles. The fraction of sp³-hybridized carbons (Fsp3) is 0.600. The Bertz CT molecular complexity index is 844. The monoisotopic (exact) mass is 399 g/mol. The third kappa shape index (κ3) is 3.25. The number of hydrogen-bond donors (Lipinski definition) is 0. The zero-order chi connectivity index (χ0) is 19.1. The molecule has 1 aromatic rings. The second-order valence-electron chi connectivity index (χ2n) is 6.05. The lowest BCUT2D eigenvalue weighted by Gasteiger charge is -2.42. The van der Waals surface area contributed by atoms with Gasteiger partial charge in [0.2, 0.25) is 0 Å². The van der Waals surface area contributed by atoms with Crippen LogP contribution in [0, 0.1) is 0 Å². The van der Waals surface area contributed by atoms with E-state index < -0.39 is 34.8 Å². The van der Waals surface area contributed by atoms with Crippen LogP contribution in [0.2, 0.25) is 0 Å². The van der Waals surface area contributed by atoms with E-state index in [4.69, 9.17) is 0 Å². The highest BCUT2D eigenvalue weighted by molar-refractivity contribution is 7.93. The molecule has 0 radical (unpaired) electrons. The quantitative estimate of drug-likeness (QED) is 0.779. The summed E-state index contributed by atoms with van der Waals surface area (Å²) < 4.78 is 86.5. The maximum atomic E-state index is 13.0. The molecular weight excluding hydrogens is 379 g/mol. The van der Waals surface area contributed by atoms with E-state index in [2.05, 4.69) is 0 Å². The third-order valence-electron chi connectivity index (χ3n) is 4.86. The van der Waals surface area contributed by atoms with Crippen LogP contribution >= 0.6 is 0 Å². The number of alkyl halides is 3. The van der Waals surface area contributed by atoms with E-state index in [-0.39, 0.29) is 24.5 Å². The Labute approximate surface area is 145 Å². The van der Waals surface area contributed by atoms with Gasteiger partial charge in [-0.2, -0.15) is 13.2 Å². The minimum Gasteiger partial charge on any atom is -0.368 e. The van der Waals surface area contributed by atoms with Crippen LogP contribution in [-0.2, 0) is 19.7 Å². The van der Waals surface area contributed by atoms with Crippen LogP contribution in [-0.4, -0.2) is 45.9 Å². The molecule has 2 rings (SSSR count). The van der Waals surface area contributed by atoms with Crippen LogP contribution in [0.3, 0.4) is 0 Å². The van der Waals surface area contributed by atoms with Crippen LogP contribution < -0.4 is 4.90 Å². The number of para-hydroxylation sites is 1. The average molecular weight is 399 g/mol. The molecule has 1 aromatic carbocycles. The van der Waals surface area contributed by atoms with Crippen LogP contribution in [0.1, 0.15) is 26.7 Å². The van der Waals surface area contributed by atoms with Crippen molar-refractivity contribution in [1.82, 2.24) is 0 Å². The zero-order valence-corrected chi connectivity index (χ0v) is 15.5. The molecule has 1 heterocycles. The summed E-state index contributed by atoms with van der Waals surface area (Å²) in [5, 5.41) is 0. The summed E-state index contributed by atoms with van der Waals surface area (Å²) in [6.45, 7) is 3.34. The number of benzene rings is 1. The summed E-state index contributed by atoms with van der Waals surface area (Å²) in [5.74, 6) is -0.227. The highest BCUT2D eigenvalue weighted by atomic mass is 32.2. The number of sulfone groups is 2. The molecule has 0 amide bonds. The van der Waals surface area contributed by atoms with Gasteiger partial charge < -0.3 is 4.90 Å². The number of rotatable bonds is 4. The van der Waals surface area contributed by atoms with Crippen molar-refractivity contribution in [2.75, 3.05) is 23.7 Å². The van der Waals surface area contributed by atoms with Crippen LogP contribution in [0.25, 0.3) is 0 Å². The number of halogens is 3. The lowest BCUT2D eigenvalue weighted by atomic mass is 10.0. The Hall–Kier alpha value is -1.29. The molecule has 0 bridgehead atoms. The van der Waals surface area contributed by atoms with Crippen LogP contribution in [0.5, 0.6) is 0 Å². The van der Waals surface area contributed by atoms with Gasteiger partial charge >= 0.3 is 5.51 Å². The fourth-order valence-corrected chi connectivity index (χ4v) is 6.27. The topological polar surface area (TPSA) is 71.5 Å². The fourth-order valence-electron chi connectivity index (χ4n) is 3.16. The van der Waals surface area contributed by atoms with E-state index in [0.717, 1.165) is 6.07 Å². The SMILES string of the molecule is CCC1(CC)CN(c2ccccc2S(=O)(=O)C(F)(F)F)CCS1(=O)=O. The smallest absolute Gasteiger partial charge is 0.368 e. The van der Waals surface area contributed by atoms with Crippen molar-refractivity contribution in [3.63, 3.8) is 0 Å². The first-order valence-electron chi connectivity index (χ1n) is 7.79. The Kier molecular flexibility index (Phi) is 5.17. The Morgan fingerprint density at radius 3 is 2.24 bits per heavy atom. The molecule has 1 saturated heterocycles. The largest absolute Gasteiger partial charge is 0.501 e.